The van der Waals surface area contributed by atoms with Crippen molar-refractivity contribution in [3.63, 3.8) is 0 Å². The van der Waals surface area contributed by atoms with Crippen molar-refractivity contribution in [3.8, 4) is 0 Å². The molecule has 1 unspecified atom stereocenters. The van der Waals surface area contributed by atoms with Crippen LogP contribution < -0.4 is 5.32 Å². The summed E-state index contributed by atoms with van der Waals surface area (Å²) >= 11 is 7.73. The Kier molecular flexibility index (Phi) is 8.37. The van der Waals surface area contributed by atoms with Crippen molar-refractivity contribution >= 4 is 34.5 Å². The van der Waals surface area contributed by atoms with Gasteiger partial charge in [0, 0.05) is 15.4 Å². The summed E-state index contributed by atoms with van der Waals surface area (Å²) in [6.45, 7) is 9.66. The Morgan fingerprint density at radius 2 is 2.05 bits per heavy atom. The van der Waals surface area contributed by atoms with Gasteiger partial charge >= 0.3 is 0 Å². The van der Waals surface area contributed by atoms with Crippen LogP contribution >= 0.6 is 28.6 Å². The maximum Gasteiger partial charge on any atom is 0.252 e. The molecule has 21 heavy (non-hydrogen) atoms. The minimum Gasteiger partial charge on any atom is -0.350 e. The van der Waals surface area contributed by atoms with Crippen LogP contribution in [0.15, 0.2) is 27.6 Å². The van der Waals surface area contributed by atoms with E-state index in [0.717, 1.165) is 36.9 Å². The number of hydrogen-bond donors (Lipinski definition) is 2. The lowest BCUT2D eigenvalue weighted by atomic mass is 10.1. The van der Waals surface area contributed by atoms with E-state index in [-0.39, 0.29) is 11.9 Å². The summed E-state index contributed by atoms with van der Waals surface area (Å²) in [5.74, 6) is -0.0529. The Balaban J connectivity index is 2.43. The maximum absolute atomic E-state index is 12.2. The number of thiol groups is 1. The average Bonchev–Trinajstić information content (AvgIpc) is 2.43. The fourth-order valence-corrected chi connectivity index (χ4v) is 3.08. The number of rotatable bonds is 8. The van der Waals surface area contributed by atoms with E-state index < -0.39 is 0 Å². The highest BCUT2D eigenvalue weighted by Gasteiger charge is 2.12. The quantitative estimate of drug-likeness (QED) is 0.676. The lowest BCUT2D eigenvalue weighted by molar-refractivity contribution is 0.0934. The number of nitrogens with zero attached hydrogens (tertiary/aromatic N) is 1. The molecule has 0 aromatic heterocycles. The number of amides is 1. The van der Waals surface area contributed by atoms with Crippen molar-refractivity contribution in [2.24, 2.45) is 0 Å². The topological polar surface area (TPSA) is 32.3 Å². The van der Waals surface area contributed by atoms with E-state index in [1.165, 1.54) is 0 Å². The van der Waals surface area contributed by atoms with Crippen molar-refractivity contribution in [1.82, 2.24) is 10.2 Å². The molecule has 0 bridgehead atoms. The Bertz CT molecular complexity index is 464. The predicted octanol–water partition coefficient (Wildman–Crippen LogP) is 3.98. The number of halogens is 1. The Hall–Kier alpha value is -0.520. The van der Waals surface area contributed by atoms with Gasteiger partial charge in [-0.25, -0.2) is 0 Å². The van der Waals surface area contributed by atoms with Gasteiger partial charge < -0.3 is 10.2 Å². The number of carbonyl (C=O) groups is 1. The molecule has 0 fully saturated rings. The summed E-state index contributed by atoms with van der Waals surface area (Å²) in [4.78, 5) is 15.3. The molecule has 0 aliphatic heterocycles. The van der Waals surface area contributed by atoms with Crippen LogP contribution in [0.25, 0.3) is 0 Å². The molecular formula is C16H25BrN2OS. The van der Waals surface area contributed by atoms with E-state index >= 15 is 0 Å². The second-order valence-electron chi connectivity index (χ2n) is 5.21. The summed E-state index contributed by atoms with van der Waals surface area (Å²) < 4.78 is 0.927. The molecule has 1 amide bonds. The zero-order valence-corrected chi connectivity index (χ0v) is 15.5. The first-order valence-corrected chi connectivity index (χ1v) is 8.73. The van der Waals surface area contributed by atoms with Crippen molar-refractivity contribution in [1.29, 1.82) is 0 Å². The third-order valence-corrected chi connectivity index (χ3v) is 4.45. The third kappa shape index (κ3) is 6.41. The zero-order chi connectivity index (χ0) is 15.8. The van der Waals surface area contributed by atoms with Crippen LogP contribution in [-0.2, 0) is 0 Å². The molecule has 0 saturated carbocycles. The molecule has 1 atom stereocenters. The standard InChI is InChI=1S/C16H25BrN2OS/c1-4-19(5-2)10-6-7-12(3)18-16(20)14-9-8-13(17)11-15(14)21/h8-9,11-12,21H,4-7,10H2,1-3H3,(H,18,20). The van der Waals surface area contributed by atoms with E-state index in [9.17, 15) is 4.79 Å². The number of benzene rings is 1. The highest BCUT2D eigenvalue weighted by Crippen LogP contribution is 2.20. The van der Waals surface area contributed by atoms with Gasteiger partial charge in [-0.3, -0.25) is 4.79 Å². The first-order valence-electron chi connectivity index (χ1n) is 7.49. The number of hydrogen-bond acceptors (Lipinski definition) is 3. The van der Waals surface area contributed by atoms with Gasteiger partial charge in [0.2, 0.25) is 0 Å². The van der Waals surface area contributed by atoms with Crippen LogP contribution in [0.2, 0.25) is 0 Å². The van der Waals surface area contributed by atoms with Crippen LogP contribution in [0.1, 0.15) is 44.0 Å². The first kappa shape index (κ1) is 18.5. The number of carbonyl (C=O) groups excluding carboxylic acids is 1. The fourth-order valence-electron chi connectivity index (χ4n) is 2.23. The predicted molar refractivity (Wildman–Crippen MR) is 95.3 cm³/mol. The van der Waals surface area contributed by atoms with E-state index in [4.69, 9.17) is 0 Å². The fraction of sp³-hybridized carbons (Fsp3) is 0.562. The minimum absolute atomic E-state index is 0.0529. The summed E-state index contributed by atoms with van der Waals surface area (Å²) in [6, 6.07) is 5.66. The largest absolute Gasteiger partial charge is 0.350 e. The Morgan fingerprint density at radius 1 is 1.38 bits per heavy atom. The van der Waals surface area contributed by atoms with Crippen LogP contribution in [0.3, 0.4) is 0 Å². The smallest absolute Gasteiger partial charge is 0.252 e. The van der Waals surface area contributed by atoms with Gasteiger partial charge in [0.15, 0.2) is 0 Å². The van der Waals surface area contributed by atoms with Gasteiger partial charge in [0.05, 0.1) is 5.56 Å². The summed E-state index contributed by atoms with van der Waals surface area (Å²) in [5, 5.41) is 3.04. The molecule has 0 aliphatic carbocycles. The molecule has 0 spiro atoms. The highest BCUT2D eigenvalue weighted by atomic mass is 79.9. The number of nitrogens with one attached hydrogen (secondary N) is 1. The Labute approximate surface area is 142 Å². The maximum atomic E-state index is 12.2. The second-order valence-corrected chi connectivity index (χ2v) is 6.60. The molecule has 1 aromatic rings. The van der Waals surface area contributed by atoms with E-state index in [1.54, 1.807) is 6.07 Å². The molecule has 5 heteroatoms. The molecule has 0 radical (unpaired) electrons. The molecule has 1 aromatic carbocycles. The molecule has 0 aliphatic rings. The van der Waals surface area contributed by atoms with E-state index in [0.29, 0.717) is 10.5 Å². The van der Waals surface area contributed by atoms with Crippen LogP contribution in [0.4, 0.5) is 0 Å². The van der Waals surface area contributed by atoms with Crippen LogP contribution in [0.5, 0.6) is 0 Å². The molecular weight excluding hydrogens is 348 g/mol. The van der Waals surface area contributed by atoms with E-state index in [2.05, 4.69) is 59.5 Å². The molecule has 0 heterocycles. The van der Waals surface area contributed by atoms with Gasteiger partial charge in [0.1, 0.15) is 0 Å². The van der Waals surface area contributed by atoms with Crippen molar-refractivity contribution in [3.05, 3.63) is 28.2 Å². The molecule has 118 valence electrons. The van der Waals surface area contributed by atoms with Crippen molar-refractivity contribution < 1.29 is 4.79 Å². The van der Waals surface area contributed by atoms with Gasteiger partial charge in [-0.15, -0.1) is 12.6 Å². The van der Waals surface area contributed by atoms with Gasteiger partial charge in [0.25, 0.3) is 5.91 Å². The molecule has 3 nitrogen and oxygen atoms in total. The zero-order valence-electron chi connectivity index (χ0n) is 13.0. The average molecular weight is 373 g/mol. The monoisotopic (exact) mass is 372 g/mol. The first-order chi connectivity index (χ1) is 9.97. The van der Waals surface area contributed by atoms with E-state index in [1.807, 2.05) is 12.1 Å². The highest BCUT2D eigenvalue weighted by molar-refractivity contribution is 9.10. The lowest BCUT2D eigenvalue weighted by Gasteiger charge is -2.20. The second kappa shape index (κ2) is 9.49. The molecule has 0 saturated heterocycles. The minimum atomic E-state index is -0.0529. The SMILES string of the molecule is CCN(CC)CCCC(C)NC(=O)c1ccc(Br)cc1S. The van der Waals surface area contributed by atoms with Gasteiger partial charge in [-0.2, -0.15) is 0 Å². The summed E-state index contributed by atoms with van der Waals surface area (Å²) in [7, 11) is 0. The van der Waals surface area contributed by atoms with Crippen LogP contribution in [-0.4, -0.2) is 36.5 Å². The van der Waals surface area contributed by atoms with Crippen LogP contribution in [0, 0.1) is 0 Å². The normalized spacial score (nSPS) is 12.5. The van der Waals surface area contributed by atoms with Gasteiger partial charge in [-0.1, -0.05) is 29.8 Å². The Morgan fingerprint density at radius 3 is 2.62 bits per heavy atom. The van der Waals surface area contributed by atoms with Crippen molar-refractivity contribution in [2.45, 2.75) is 44.6 Å². The third-order valence-electron chi connectivity index (χ3n) is 3.59. The summed E-state index contributed by atoms with van der Waals surface area (Å²) in [6.07, 6.45) is 2.08. The van der Waals surface area contributed by atoms with Crippen molar-refractivity contribution in [2.75, 3.05) is 19.6 Å². The molecule has 1 N–H and O–H groups in total. The lowest BCUT2D eigenvalue weighted by Crippen LogP contribution is -2.33. The van der Waals surface area contributed by atoms with Gasteiger partial charge in [-0.05, 0) is 57.6 Å². The summed E-state index contributed by atoms with van der Waals surface area (Å²) in [5.41, 5.74) is 0.622. The molecule has 1 rings (SSSR count).